The topological polar surface area (TPSA) is 47.5 Å². The minimum absolute atomic E-state index is 0.921. The van der Waals surface area contributed by atoms with Gasteiger partial charge < -0.3 is 4.40 Å². The van der Waals surface area contributed by atoms with Crippen molar-refractivity contribution in [2.24, 2.45) is 0 Å². The van der Waals surface area contributed by atoms with Gasteiger partial charge in [0, 0.05) is 24.8 Å². The lowest BCUT2D eigenvalue weighted by molar-refractivity contribution is 1.09. The van der Waals surface area contributed by atoms with Gasteiger partial charge in [-0.15, -0.1) is 10.2 Å². The molecule has 0 fully saturated rings. The van der Waals surface area contributed by atoms with Crippen molar-refractivity contribution >= 4 is 11.3 Å². The molecular weight excluding hydrogens is 298 g/mol. The van der Waals surface area contributed by atoms with E-state index in [0.29, 0.717) is 0 Å². The summed E-state index contributed by atoms with van der Waals surface area (Å²) in [6.07, 6.45) is 10.6. The Balaban J connectivity index is 0.000000158. The van der Waals surface area contributed by atoms with Crippen LogP contribution in [0, 0.1) is 13.8 Å². The third-order valence-electron chi connectivity index (χ3n) is 3.77. The molecule has 0 amide bonds. The van der Waals surface area contributed by atoms with E-state index in [4.69, 9.17) is 0 Å². The zero-order valence-corrected chi connectivity index (χ0v) is 15.1. The predicted molar refractivity (Wildman–Crippen MR) is 98.4 cm³/mol. The summed E-state index contributed by atoms with van der Waals surface area (Å²) < 4.78 is 3.93. The minimum atomic E-state index is 0.921. The third kappa shape index (κ3) is 3.98. The van der Waals surface area contributed by atoms with Crippen LogP contribution in [0.5, 0.6) is 0 Å². The summed E-state index contributed by atoms with van der Waals surface area (Å²) in [4.78, 5) is 4.18. The van der Waals surface area contributed by atoms with Gasteiger partial charge in [-0.05, 0) is 55.2 Å². The van der Waals surface area contributed by atoms with Crippen molar-refractivity contribution in [3.8, 4) is 0 Å². The van der Waals surface area contributed by atoms with Crippen LogP contribution in [-0.4, -0.2) is 24.0 Å². The van der Waals surface area contributed by atoms with Gasteiger partial charge in [0.05, 0.1) is 0 Å². The summed E-state index contributed by atoms with van der Waals surface area (Å²) in [5.41, 5.74) is 5.84. The van der Waals surface area contributed by atoms with E-state index in [1.165, 1.54) is 16.7 Å². The van der Waals surface area contributed by atoms with Gasteiger partial charge in [0.15, 0.2) is 5.65 Å². The number of aryl methyl sites for hydroxylation is 3. The molecule has 0 aliphatic heterocycles. The highest BCUT2D eigenvalue weighted by Crippen LogP contribution is 2.09. The van der Waals surface area contributed by atoms with E-state index in [0.717, 1.165) is 17.7 Å². The maximum absolute atomic E-state index is 4.18. The predicted octanol–water partition coefficient (Wildman–Crippen LogP) is 4.27. The average molecular weight is 323 g/mol. The molecule has 0 unspecified atom stereocenters. The molecule has 0 radical (unpaired) electrons. The molecular formula is C19H25N5. The Labute approximate surface area is 143 Å². The van der Waals surface area contributed by atoms with E-state index in [9.17, 15) is 0 Å². The summed E-state index contributed by atoms with van der Waals surface area (Å²) in [6, 6.07) is 6.22. The van der Waals surface area contributed by atoms with Crippen LogP contribution >= 0.6 is 0 Å². The summed E-state index contributed by atoms with van der Waals surface area (Å²) in [7, 11) is 0. The van der Waals surface area contributed by atoms with Crippen molar-refractivity contribution < 1.29 is 0 Å². The molecule has 0 spiro atoms. The van der Waals surface area contributed by atoms with E-state index < -0.39 is 0 Å². The summed E-state index contributed by atoms with van der Waals surface area (Å²) in [6.45, 7) is 10.3. The Morgan fingerprint density at radius 2 is 1.75 bits per heavy atom. The Morgan fingerprint density at radius 1 is 0.958 bits per heavy atom. The molecule has 4 aromatic rings. The monoisotopic (exact) mass is 323 g/mol. The van der Waals surface area contributed by atoms with E-state index >= 15 is 0 Å². The van der Waals surface area contributed by atoms with Gasteiger partial charge >= 0.3 is 0 Å². The first-order valence-corrected chi connectivity index (χ1v) is 8.35. The first-order valence-electron chi connectivity index (χ1n) is 8.35. The van der Waals surface area contributed by atoms with Crippen molar-refractivity contribution in [1.29, 1.82) is 0 Å². The van der Waals surface area contributed by atoms with Gasteiger partial charge in [-0.2, -0.15) is 0 Å². The molecule has 5 heteroatoms. The molecule has 4 heterocycles. The van der Waals surface area contributed by atoms with Gasteiger partial charge in [-0.3, -0.25) is 4.40 Å². The van der Waals surface area contributed by atoms with Gasteiger partial charge in [-0.25, -0.2) is 4.98 Å². The molecule has 0 saturated heterocycles. The van der Waals surface area contributed by atoms with Crippen LogP contribution in [-0.2, 0) is 6.42 Å². The van der Waals surface area contributed by atoms with Crippen LogP contribution in [0.2, 0.25) is 0 Å². The van der Waals surface area contributed by atoms with Crippen LogP contribution in [0.1, 0.15) is 37.5 Å². The first kappa shape index (κ1) is 17.7. The minimum Gasteiger partial charge on any atom is -0.307 e. The molecule has 0 aliphatic carbocycles. The average Bonchev–Trinajstić information content (AvgIpc) is 3.25. The van der Waals surface area contributed by atoms with E-state index in [1.807, 2.05) is 47.3 Å². The molecule has 126 valence electrons. The molecule has 24 heavy (non-hydrogen) atoms. The van der Waals surface area contributed by atoms with Crippen LogP contribution in [0.3, 0.4) is 0 Å². The Bertz CT molecular complexity index is 868. The standard InChI is InChI=1S/C9H10N2.C8H9N3.C2H6/c1-7-5-9-10-3-4-11(9)6-8(7)2;1-2-7-3-4-11-6-9-10-8(11)5-7;1-2/h3-6H,1-2H3;3-6H,2H2,1H3;1-2H3. The fraction of sp³-hybridized carbons (Fsp3) is 0.316. The quantitative estimate of drug-likeness (QED) is 0.525. The fourth-order valence-electron chi connectivity index (χ4n) is 2.24. The van der Waals surface area contributed by atoms with Gasteiger partial charge in [0.1, 0.15) is 12.0 Å². The van der Waals surface area contributed by atoms with Crippen molar-refractivity contribution in [3.05, 3.63) is 66.0 Å². The van der Waals surface area contributed by atoms with Crippen molar-refractivity contribution in [2.45, 2.75) is 41.0 Å². The van der Waals surface area contributed by atoms with Crippen LogP contribution in [0.15, 0.2) is 49.3 Å². The summed E-state index contributed by atoms with van der Waals surface area (Å²) in [5, 5.41) is 7.73. The second kappa shape index (κ2) is 8.24. The number of imidazole rings is 1. The number of fused-ring (bicyclic) bond motifs is 2. The fourth-order valence-corrected chi connectivity index (χ4v) is 2.24. The highest BCUT2D eigenvalue weighted by molar-refractivity contribution is 5.43. The zero-order chi connectivity index (χ0) is 17.5. The smallest absolute Gasteiger partial charge is 0.160 e. The molecule has 0 N–H and O–H groups in total. The van der Waals surface area contributed by atoms with Crippen LogP contribution in [0.25, 0.3) is 11.3 Å². The molecule has 4 aromatic heterocycles. The van der Waals surface area contributed by atoms with E-state index in [1.54, 1.807) is 6.33 Å². The molecule has 0 aliphatic rings. The number of aromatic nitrogens is 5. The second-order valence-corrected chi connectivity index (χ2v) is 5.32. The second-order valence-electron chi connectivity index (χ2n) is 5.32. The third-order valence-corrected chi connectivity index (χ3v) is 3.77. The number of hydrogen-bond donors (Lipinski definition) is 0. The normalized spacial score (nSPS) is 10.0. The Morgan fingerprint density at radius 3 is 2.50 bits per heavy atom. The van der Waals surface area contributed by atoms with Crippen molar-refractivity contribution in [2.75, 3.05) is 0 Å². The van der Waals surface area contributed by atoms with E-state index in [-0.39, 0.29) is 0 Å². The number of pyridine rings is 2. The highest BCUT2D eigenvalue weighted by Gasteiger charge is 1.96. The van der Waals surface area contributed by atoms with Crippen LogP contribution in [0.4, 0.5) is 0 Å². The van der Waals surface area contributed by atoms with E-state index in [2.05, 4.69) is 54.3 Å². The largest absolute Gasteiger partial charge is 0.307 e. The summed E-state index contributed by atoms with van der Waals surface area (Å²) in [5.74, 6) is 0. The highest BCUT2D eigenvalue weighted by atomic mass is 15.2. The van der Waals surface area contributed by atoms with Crippen LogP contribution < -0.4 is 0 Å². The molecule has 0 atom stereocenters. The molecule has 5 nitrogen and oxygen atoms in total. The zero-order valence-electron chi connectivity index (χ0n) is 15.1. The molecule has 0 aromatic carbocycles. The lowest BCUT2D eigenvalue weighted by Crippen LogP contribution is -1.87. The Hall–Kier alpha value is -2.69. The van der Waals surface area contributed by atoms with Gasteiger partial charge in [0.2, 0.25) is 0 Å². The van der Waals surface area contributed by atoms with Crippen molar-refractivity contribution in [3.63, 3.8) is 0 Å². The lowest BCUT2D eigenvalue weighted by Gasteiger charge is -1.99. The van der Waals surface area contributed by atoms with Gasteiger partial charge in [-0.1, -0.05) is 20.8 Å². The summed E-state index contributed by atoms with van der Waals surface area (Å²) >= 11 is 0. The molecule has 4 rings (SSSR count). The molecule has 0 saturated carbocycles. The first-order chi connectivity index (χ1) is 11.7. The SMILES string of the molecule is CC.CCc1ccn2cnnc2c1.Cc1cc2nccn2cc1C. The number of hydrogen-bond acceptors (Lipinski definition) is 3. The van der Waals surface area contributed by atoms with Gasteiger partial charge in [0.25, 0.3) is 0 Å². The number of rotatable bonds is 1. The maximum atomic E-state index is 4.18. The molecule has 0 bridgehead atoms. The number of nitrogens with zero attached hydrogens (tertiary/aromatic N) is 5. The van der Waals surface area contributed by atoms with Crippen molar-refractivity contribution in [1.82, 2.24) is 24.0 Å². The lowest BCUT2D eigenvalue weighted by atomic mass is 10.2. The Kier molecular flexibility index (Phi) is 6.07. The maximum Gasteiger partial charge on any atom is 0.160 e.